The first kappa shape index (κ1) is 24.4. The summed E-state index contributed by atoms with van der Waals surface area (Å²) in [6.07, 6.45) is 18.6. The molecule has 0 N–H and O–H groups in total. The SMILES string of the molecule is C=C([Si](c1ccccc1)(c1ccccc1)C1C=CC=C1)[Si](c1ccccc1)(c1ccccc1)C1C=CC=C1. The monoisotopic (exact) mass is 520 g/mol. The van der Waals surface area contributed by atoms with Crippen molar-refractivity contribution < 1.29 is 0 Å². The molecular weight excluding hydrogens is 489 g/mol. The van der Waals surface area contributed by atoms with Crippen LogP contribution >= 0.6 is 0 Å². The van der Waals surface area contributed by atoms with E-state index in [0.717, 1.165) is 0 Å². The number of rotatable bonds is 8. The zero-order valence-electron chi connectivity index (χ0n) is 21.5. The molecule has 0 saturated carbocycles. The molecule has 0 nitrogen and oxygen atoms in total. The van der Waals surface area contributed by atoms with Gasteiger partial charge < -0.3 is 0 Å². The Morgan fingerprint density at radius 3 is 0.868 bits per heavy atom. The fourth-order valence-electron chi connectivity index (χ4n) is 6.76. The van der Waals surface area contributed by atoms with Crippen LogP contribution < -0.4 is 20.7 Å². The minimum absolute atomic E-state index is 0.286. The van der Waals surface area contributed by atoms with E-state index in [1.165, 1.54) is 25.6 Å². The van der Waals surface area contributed by atoms with Gasteiger partial charge in [-0.15, -0.1) is 6.58 Å². The van der Waals surface area contributed by atoms with Crippen LogP contribution in [0.25, 0.3) is 0 Å². The van der Waals surface area contributed by atoms with Crippen LogP contribution in [-0.4, -0.2) is 16.1 Å². The maximum Gasteiger partial charge on any atom is 0.151 e. The van der Waals surface area contributed by atoms with Gasteiger partial charge >= 0.3 is 0 Å². The first-order chi connectivity index (χ1) is 18.8. The summed E-state index contributed by atoms with van der Waals surface area (Å²) in [4.78, 5) is 1.45. The molecule has 2 heteroatoms. The molecule has 0 spiro atoms. The van der Waals surface area contributed by atoms with Crippen molar-refractivity contribution in [1.29, 1.82) is 0 Å². The molecule has 38 heavy (non-hydrogen) atoms. The second-order valence-corrected chi connectivity index (χ2v) is 18.7. The van der Waals surface area contributed by atoms with Crippen molar-refractivity contribution in [3.63, 3.8) is 0 Å². The molecule has 0 amide bonds. The van der Waals surface area contributed by atoms with E-state index in [0.29, 0.717) is 0 Å². The zero-order valence-corrected chi connectivity index (χ0v) is 23.5. The normalized spacial score (nSPS) is 15.4. The number of hydrogen-bond acceptors (Lipinski definition) is 0. The highest BCUT2D eigenvalue weighted by Gasteiger charge is 2.57. The summed E-state index contributed by atoms with van der Waals surface area (Å²) < 4.78 is 0. The molecule has 0 saturated heterocycles. The second-order valence-electron chi connectivity index (χ2n) is 10.1. The molecule has 0 radical (unpaired) electrons. The standard InChI is InChI=1S/C36H32Si2/c1-30(37(35-26-14-15-27-35,31-18-6-2-7-19-31)32-20-8-3-9-21-32)38(36-28-16-17-29-36,33-22-10-4-11-23-33)34-24-12-5-13-25-34/h2-29,35-36H,1H2. The molecule has 184 valence electrons. The average molecular weight is 521 g/mol. The summed E-state index contributed by atoms with van der Waals surface area (Å²) in [6, 6.07) is 45.1. The highest BCUT2D eigenvalue weighted by atomic mass is 28.4. The molecule has 0 heterocycles. The lowest BCUT2D eigenvalue weighted by Crippen LogP contribution is -2.74. The number of allylic oxidation sites excluding steroid dienone is 8. The van der Waals surface area contributed by atoms with Gasteiger partial charge in [0, 0.05) is 11.1 Å². The molecule has 6 rings (SSSR count). The van der Waals surface area contributed by atoms with Crippen molar-refractivity contribution in [3.8, 4) is 0 Å². The van der Waals surface area contributed by atoms with Gasteiger partial charge in [0.05, 0.1) is 0 Å². The van der Waals surface area contributed by atoms with Crippen LogP contribution in [0.2, 0.25) is 11.1 Å². The van der Waals surface area contributed by atoms with E-state index in [1.807, 2.05) is 0 Å². The van der Waals surface area contributed by atoms with E-state index in [1.54, 1.807) is 0 Å². The third kappa shape index (κ3) is 3.80. The van der Waals surface area contributed by atoms with E-state index < -0.39 is 16.1 Å². The van der Waals surface area contributed by atoms with Crippen molar-refractivity contribution in [2.45, 2.75) is 11.1 Å². The van der Waals surface area contributed by atoms with Crippen LogP contribution in [0.3, 0.4) is 0 Å². The molecule has 0 fully saturated rings. The molecule has 0 atom stereocenters. The molecular formula is C36H32Si2. The van der Waals surface area contributed by atoms with Gasteiger partial charge in [-0.2, -0.15) is 0 Å². The lowest BCUT2D eigenvalue weighted by molar-refractivity contribution is 1.30. The maximum atomic E-state index is 5.28. The summed E-state index contributed by atoms with van der Waals surface area (Å²) in [7, 11) is -5.32. The van der Waals surface area contributed by atoms with E-state index in [9.17, 15) is 0 Å². The molecule has 4 aromatic rings. The maximum absolute atomic E-state index is 5.28. The fourth-order valence-corrected chi connectivity index (χ4v) is 20.9. The number of hydrogen-bond donors (Lipinski definition) is 0. The first-order valence-corrected chi connectivity index (χ1v) is 17.6. The van der Waals surface area contributed by atoms with Gasteiger partial charge in [-0.25, -0.2) is 0 Å². The van der Waals surface area contributed by atoms with Crippen LogP contribution in [-0.2, 0) is 0 Å². The van der Waals surface area contributed by atoms with Crippen LogP contribution in [0.1, 0.15) is 0 Å². The lowest BCUT2D eigenvalue weighted by atomic mass is 10.4. The van der Waals surface area contributed by atoms with Crippen LogP contribution in [0, 0.1) is 0 Å². The Balaban J connectivity index is 1.76. The van der Waals surface area contributed by atoms with Crippen molar-refractivity contribution in [1.82, 2.24) is 0 Å². The minimum atomic E-state index is -2.66. The van der Waals surface area contributed by atoms with Gasteiger partial charge in [0.25, 0.3) is 0 Å². The fraction of sp³-hybridized carbons (Fsp3) is 0.0556. The van der Waals surface area contributed by atoms with Gasteiger partial charge in [0.2, 0.25) is 0 Å². The van der Waals surface area contributed by atoms with Gasteiger partial charge in [0.1, 0.15) is 0 Å². The molecule has 4 aromatic carbocycles. The average Bonchev–Trinajstić information content (AvgIpc) is 3.73. The Morgan fingerprint density at radius 1 is 0.395 bits per heavy atom. The van der Waals surface area contributed by atoms with Crippen molar-refractivity contribution in [2.75, 3.05) is 0 Å². The minimum Gasteiger partial charge on any atom is -0.106 e. The summed E-state index contributed by atoms with van der Waals surface area (Å²) in [5.41, 5.74) is 0.571. The molecule has 0 unspecified atom stereocenters. The topological polar surface area (TPSA) is 0 Å². The second kappa shape index (κ2) is 10.4. The Morgan fingerprint density at radius 2 is 0.632 bits per heavy atom. The van der Waals surface area contributed by atoms with Gasteiger partial charge in [-0.3, -0.25) is 0 Å². The van der Waals surface area contributed by atoms with Gasteiger partial charge in [-0.05, 0) is 20.7 Å². The highest BCUT2D eigenvalue weighted by molar-refractivity contribution is 7.27. The van der Waals surface area contributed by atoms with Crippen LogP contribution in [0.4, 0.5) is 0 Å². The van der Waals surface area contributed by atoms with Crippen LogP contribution in [0.15, 0.2) is 181 Å². The summed E-state index contributed by atoms with van der Waals surface area (Å²) >= 11 is 0. The quantitative estimate of drug-likeness (QED) is 0.245. The summed E-state index contributed by atoms with van der Waals surface area (Å²) in [6.45, 7) is 5.28. The highest BCUT2D eigenvalue weighted by Crippen LogP contribution is 2.42. The zero-order chi connectivity index (χ0) is 25.8. The first-order valence-electron chi connectivity index (χ1n) is 13.4. The summed E-state index contributed by atoms with van der Waals surface area (Å²) in [5.74, 6) is 0. The third-order valence-corrected chi connectivity index (χ3v) is 20.4. The molecule has 0 aromatic heterocycles. The smallest absolute Gasteiger partial charge is 0.106 e. The Kier molecular flexibility index (Phi) is 6.67. The lowest BCUT2D eigenvalue weighted by Gasteiger charge is -2.49. The third-order valence-electron chi connectivity index (χ3n) is 8.36. The predicted molar refractivity (Wildman–Crippen MR) is 169 cm³/mol. The van der Waals surface area contributed by atoms with E-state index >= 15 is 0 Å². The van der Waals surface area contributed by atoms with Crippen molar-refractivity contribution >= 4 is 36.9 Å². The van der Waals surface area contributed by atoms with Gasteiger partial charge in [-0.1, -0.05) is 175 Å². The predicted octanol–water partition coefficient (Wildman–Crippen LogP) is 6.14. The van der Waals surface area contributed by atoms with Crippen molar-refractivity contribution in [3.05, 3.63) is 181 Å². The molecule has 0 aliphatic heterocycles. The Hall–Kier alpha value is -3.99. The van der Waals surface area contributed by atoms with E-state index in [2.05, 4.69) is 170 Å². The van der Waals surface area contributed by atoms with Crippen molar-refractivity contribution in [2.24, 2.45) is 0 Å². The number of benzene rings is 4. The Bertz CT molecular complexity index is 1290. The largest absolute Gasteiger partial charge is 0.151 e. The Labute approximate surface area is 228 Å². The summed E-state index contributed by atoms with van der Waals surface area (Å²) in [5, 5.41) is 5.69. The molecule has 2 aliphatic rings. The molecule has 0 bridgehead atoms. The van der Waals surface area contributed by atoms with Gasteiger partial charge in [0.15, 0.2) is 16.1 Å². The van der Waals surface area contributed by atoms with E-state index in [4.69, 9.17) is 6.58 Å². The van der Waals surface area contributed by atoms with E-state index in [-0.39, 0.29) is 11.1 Å². The molecule has 2 aliphatic carbocycles. The van der Waals surface area contributed by atoms with Crippen LogP contribution in [0.5, 0.6) is 0 Å².